The lowest BCUT2D eigenvalue weighted by molar-refractivity contribution is 0.102. The van der Waals surface area contributed by atoms with Crippen LogP contribution in [0, 0.1) is 0 Å². The largest absolute Gasteiger partial charge is 0.323 e. The van der Waals surface area contributed by atoms with Crippen molar-refractivity contribution in [2.24, 2.45) is 10.9 Å². The molecule has 0 spiro atoms. The number of carbonyl (C=O) groups is 1. The summed E-state index contributed by atoms with van der Waals surface area (Å²) in [6, 6.07) is 18.9. The lowest BCUT2D eigenvalue weighted by Crippen LogP contribution is -2.11. The van der Waals surface area contributed by atoms with Gasteiger partial charge in [-0.1, -0.05) is 46.3 Å². The van der Waals surface area contributed by atoms with E-state index in [0.29, 0.717) is 5.56 Å². The van der Waals surface area contributed by atoms with E-state index in [-0.39, 0.29) is 5.91 Å². The second-order valence-electron chi connectivity index (χ2n) is 5.04. The number of para-hydroxylation sites is 1. The molecule has 4 nitrogen and oxygen atoms in total. The number of benzene rings is 3. The van der Waals surface area contributed by atoms with Crippen molar-refractivity contribution < 1.29 is 4.79 Å². The van der Waals surface area contributed by atoms with Crippen LogP contribution in [0.2, 0.25) is 0 Å². The lowest BCUT2D eigenvalue weighted by atomic mass is 10.0. The van der Waals surface area contributed by atoms with E-state index in [9.17, 15) is 4.79 Å². The van der Waals surface area contributed by atoms with Crippen molar-refractivity contribution in [1.82, 2.24) is 0 Å². The molecule has 0 aliphatic carbocycles. The summed E-state index contributed by atoms with van der Waals surface area (Å²) in [5.74, 6) is 5.04. The van der Waals surface area contributed by atoms with E-state index < -0.39 is 0 Å². The maximum atomic E-state index is 12.4. The molecule has 0 radical (unpaired) electrons. The number of nitrogens with zero attached hydrogens (tertiary/aromatic N) is 1. The summed E-state index contributed by atoms with van der Waals surface area (Å²) in [6.45, 7) is 0. The summed E-state index contributed by atoms with van der Waals surface area (Å²) in [7, 11) is 0. The van der Waals surface area contributed by atoms with Gasteiger partial charge < -0.3 is 11.2 Å². The molecule has 0 unspecified atom stereocenters. The summed E-state index contributed by atoms with van der Waals surface area (Å²) < 4.78 is 0.848. The molecule has 0 atom stereocenters. The minimum atomic E-state index is -0.147. The second-order valence-corrected chi connectivity index (χ2v) is 5.89. The fourth-order valence-electron chi connectivity index (χ4n) is 2.35. The van der Waals surface area contributed by atoms with Crippen molar-refractivity contribution >= 4 is 44.5 Å². The number of nitrogens with two attached hydrogens (primary N) is 1. The van der Waals surface area contributed by atoms with Gasteiger partial charge in [-0.15, -0.1) is 0 Å². The van der Waals surface area contributed by atoms with E-state index in [1.54, 1.807) is 6.21 Å². The number of halogens is 1. The average Bonchev–Trinajstić information content (AvgIpc) is 2.56. The molecule has 0 aliphatic heterocycles. The minimum Gasteiger partial charge on any atom is -0.323 e. The maximum absolute atomic E-state index is 12.4. The molecule has 23 heavy (non-hydrogen) atoms. The van der Waals surface area contributed by atoms with Crippen molar-refractivity contribution in [3.63, 3.8) is 0 Å². The first kappa shape index (κ1) is 15.2. The van der Waals surface area contributed by atoms with Gasteiger partial charge in [0.2, 0.25) is 0 Å². The molecule has 3 N–H and O–H groups in total. The predicted octanol–water partition coefficient (Wildman–Crippen LogP) is 4.15. The summed E-state index contributed by atoms with van der Waals surface area (Å²) in [5, 5.41) is 8.38. The van der Waals surface area contributed by atoms with E-state index in [1.807, 2.05) is 60.7 Å². The molecule has 3 aromatic carbocycles. The van der Waals surface area contributed by atoms with Crippen LogP contribution in [0.4, 0.5) is 5.69 Å². The highest BCUT2D eigenvalue weighted by Gasteiger charge is 2.10. The molecular weight excluding hydrogens is 354 g/mol. The van der Waals surface area contributed by atoms with Crippen molar-refractivity contribution in [2.45, 2.75) is 0 Å². The Morgan fingerprint density at radius 1 is 1.09 bits per heavy atom. The van der Waals surface area contributed by atoms with Gasteiger partial charge in [0, 0.05) is 15.7 Å². The van der Waals surface area contributed by atoms with Gasteiger partial charge in [0.15, 0.2) is 0 Å². The highest BCUT2D eigenvalue weighted by atomic mass is 79.9. The summed E-state index contributed by atoms with van der Waals surface area (Å²) in [5.41, 5.74) is 2.26. The topological polar surface area (TPSA) is 67.5 Å². The molecule has 0 bridgehead atoms. The molecular formula is C18H14BrN3O. The number of amides is 1. The Hall–Kier alpha value is -2.66. The van der Waals surface area contributed by atoms with Crippen molar-refractivity contribution in [3.8, 4) is 0 Å². The van der Waals surface area contributed by atoms with Crippen LogP contribution in [0.25, 0.3) is 10.8 Å². The molecule has 0 saturated heterocycles. The van der Waals surface area contributed by atoms with E-state index in [0.717, 1.165) is 26.5 Å². The van der Waals surface area contributed by atoms with Crippen molar-refractivity contribution in [3.05, 3.63) is 76.3 Å². The van der Waals surface area contributed by atoms with Gasteiger partial charge in [0.1, 0.15) is 0 Å². The van der Waals surface area contributed by atoms with Gasteiger partial charge in [-0.25, -0.2) is 0 Å². The molecule has 3 aromatic rings. The van der Waals surface area contributed by atoms with Crippen molar-refractivity contribution in [2.75, 3.05) is 5.32 Å². The normalized spacial score (nSPS) is 11.0. The van der Waals surface area contributed by atoms with Gasteiger partial charge >= 0.3 is 0 Å². The molecule has 3 rings (SSSR count). The van der Waals surface area contributed by atoms with Crippen LogP contribution in [-0.4, -0.2) is 12.1 Å². The minimum absolute atomic E-state index is 0.147. The summed E-state index contributed by atoms with van der Waals surface area (Å²) in [6.07, 6.45) is 1.59. The number of carbonyl (C=O) groups excluding carboxylic acids is 1. The standard InChI is InChI=1S/C18H14BrN3O/c19-17-10-14(18(23)22-15-4-2-1-3-5-15)9-13-7-6-12(11-21-20)8-16(13)17/h1-11H,20H2,(H,22,23). The Kier molecular flexibility index (Phi) is 4.39. The highest BCUT2D eigenvalue weighted by molar-refractivity contribution is 9.10. The first-order chi connectivity index (χ1) is 11.2. The van der Waals surface area contributed by atoms with Gasteiger partial charge in [-0.05, 0) is 46.7 Å². The Morgan fingerprint density at radius 2 is 1.87 bits per heavy atom. The zero-order valence-electron chi connectivity index (χ0n) is 12.2. The Labute approximate surface area is 142 Å². The summed E-state index contributed by atoms with van der Waals surface area (Å²) >= 11 is 3.53. The van der Waals surface area contributed by atoms with Crippen LogP contribution < -0.4 is 11.2 Å². The number of rotatable bonds is 3. The van der Waals surface area contributed by atoms with Crippen molar-refractivity contribution in [1.29, 1.82) is 0 Å². The molecule has 5 heteroatoms. The van der Waals surface area contributed by atoms with E-state index in [4.69, 9.17) is 5.84 Å². The third-order valence-electron chi connectivity index (χ3n) is 3.45. The fourth-order valence-corrected chi connectivity index (χ4v) is 2.94. The lowest BCUT2D eigenvalue weighted by Gasteiger charge is -2.08. The maximum Gasteiger partial charge on any atom is 0.255 e. The van der Waals surface area contributed by atoms with Gasteiger partial charge in [0.05, 0.1) is 6.21 Å². The number of hydrazone groups is 1. The Bertz CT molecular complexity index is 891. The number of anilines is 1. The monoisotopic (exact) mass is 367 g/mol. The van der Waals surface area contributed by atoms with Crippen LogP contribution in [0.15, 0.2) is 70.2 Å². The smallest absolute Gasteiger partial charge is 0.255 e. The first-order valence-corrected chi connectivity index (χ1v) is 7.79. The molecule has 0 aromatic heterocycles. The molecule has 0 saturated carbocycles. The molecule has 0 fully saturated rings. The number of hydrogen-bond acceptors (Lipinski definition) is 3. The van der Waals surface area contributed by atoms with Crippen LogP contribution in [0.1, 0.15) is 15.9 Å². The van der Waals surface area contributed by atoms with E-state index in [2.05, 4.69) is 26.3 Å². The van der Waals surface area contributed by atoms with Crippen LogP contribution in [-0.2, 0) is 0 Å². The zero-order chi connectivity index (χ0) is 16.2. The van der Waals surface area contributed by atoms with Gasteiger partial charge in [-0.3, -0.25) is 4.79 Å². The molecule has 1 amide bonds. The summed E-state index contributed by atoms with van der Waals surface area (Å²) in [4.78, 5) is 12.4. The Balaban J connectivity index is 1.96. The Morgan fingerprint density at radius 3 is 2.61 bits per heavy atom. The number of fused-ring (bicyclic) bond motifs is 1. The fraction of sp³-hybridized carbons (Fsp3) is 0. The SMILES string of the molecule is NN=Cc1ccc2cc(C(=O)Nc3ccccc3)cc(Br)c2c1. The van der Waals surface area contributed by atoms with Crippen LogP contribution >= 0.6 is 15.9 Å². The third-order valence-corrected chi connectivity index (χ3v) is 4.10. The van der Waals surface area contributed by atoms with E-state index >= 15 is 0 Å². The molecule has 114 valence electrons. The van der Waals surface area contributed by atoms with Gasteiger partial charge in [0.25, 0.3) is 5.91 Å². The first-order valence-electron chi connectivity index (χ1n) is 7.00. The van der Waals surface area contributed by atoms with Crippen LogP contribution in [0.5, 0.6) is 0 Å². The van der Waals surface area contributed by atoms with Gasteiger partial charge in [-0.2, -0.15) is 5.10 Å². The number of nitrogens with one attached hydrogen (secondary N) is 1. The third kappa shape index (κ3) is 3.40. The quantitative estimate of drug-likeness (QED) is 0.414. The zero-order valence-corrected chi connectivity index (χ0v) is 13.7. The average molecular weight is 368 g/mol. The predicted molar refractivity (Wildman–Crippen MR) is 97.8 cm³/mol. The highest BCUT2D eigenvalue weighted by Crippen LogP contribution is 2.27. The second kappa shape index (κ2) is 6.62. The van der Waals surface area contributed by atoms with E-state index in [1.165, 1.54) is 0 Å². The molecule has 0 aliphatic rings. The molecule has 0 heterocycles. The number of hydrogen-bond donors (Lipinski definition) is 2. The van der Waals surface area contributed by atoms with Crippen LogP contribution in [0.3, 0.4) is 0 Å².